The molecule has 2 heterocycles. The van der Waals surface area contributed by atoms with Crippen LogP contribution in [0.5, 0.6) is 11.6 Å². The van der Waals surface area contributed by atoms with Gasteiger partial charge in [-0.15, -0.1) is 5.10 Å². The summed E-state index contributed by atoms with van der Waals surface area (Å²) in [6, 6.07) is 11.9. The van der Waals surface area contributed by atoms with Gasteiger partial charge in [0.2, 0.25) is 11.6 Å². The summed E-state index contributed by atoms with van der Waals surface area (Å²) in [4.78, 5) is 29.2. The van der Waals surface area contributed by atoms with Crippen LogP contribution in [0.15, 0.2) is 59.7 Å². The lowest BCUT2D eigenvalue weighted by molar-refractivity contribution is -0.117. The maximum Gasteiger partial charge on any atom is 0.351 e. The Bertz CT molecular complexity index is 1300. The van der Waals surface area contributed by atoms with E-state index in [1.807, 2.05) is 0 Å². The molecule has 0 atom stereocenters. The lowest BCUT2D eigenvalue weighted by Gasteiger charge is -2.09. The number of aromatic nitrogens is 4. The molecule has 152 valence electrons. The number of fused-ring (bicyclic) bond motifs is 1. The molecule has 30 heavy (non-hydrogen) atoms. The zero-order valence-corrected chi connectivity index (χ0v) is 17.2. The SMILES string of the molecule is Cc1c(Cl)cccc1NC(=O)Cn1nc2c(Oc3ccc(Cl)cc3)nccn2c1=O. The van der Waals surface area contributed by atoms with Crippen molar-refractivity contribution in [1.29, 1.82) is 0 Å². The zero-order chi connectivity index (χ0) is 21.3. The molecule has 10 heteroatoms. The fourth-order valence-electron chi connectivity index (χ4n) is 2.78. The standard InChI is InChI=1S/C20H15Cl2N5O3/c1-12-15(22)3-2-4-16(12)24-17(28)11-27-20(29)26-10-9-23-19(18(26)25-27)30-14-7-5-13(21)6-8-14/h2-10H,11H2,1H3,(H,24,28). The molecular weight excluding hydrogens is 429 g/mol. The van der Waals surface area contributed by atoms with E-state index in [0.29, 0.717) is 21.5 Å². The Kier molecular flexibility index (Phi) is 5.43. The topological polar surface area (TPSA) is 90.5 Å². The van der Waals surface area contributed by atoms with Gasteiger partial charge in [-0.1, -0.05) is 29.3 Å². The van der Waals surface area contributed by atoms with Gasteiger partial charge in [-0.05, 0) is 48.9 Å². The molecule has 0 aliphatic heterocycles. The first-order valence-corrected chi connectivity index (χ1v) is 9.60. The number of benzene rings is 2. The summed E-state index contributed by atoms with van der Waals surface area (Å²) < 4.78 is 8.03. The van der Waals surface area contributed by atoms with Crippen molar-refractivity contribution in [3.63, 3.8) is 0 Å². The second-order valence-corrected chi connectivity index (χ2v) is 7.23. The van der Waals surface area contributed by atoms with Crippen molar-refractivity contribution in [2.75, 3.05) is 5.32 Å². The van der Waals surface area contributed by atoms with Crippen molar-refractivity contribution in [2.24, 2.45) is 0 Å². The summed E-state index contributed by atoms with van der Waals surface area (Å²) in [5.41, 5.74) is 0.992. The molecule has 0 fully saturated rings. The van der Waals surface area contributed by atoms with Crippen LogP contribution in [-0.2, 0) is 11.3 Å². The lowest BCUT2D eigenvalue weighted by atomic mass is 10.2. The Morgan fingerprint density at radius 3 is 2.70 bits per heavy atom. The molecule has 0 aliphatic rings. The molecular formula is C20H15Cl2N5O3. The number of carbonyl (C=O) groups is 1. The Balaban J connectivity index is 1.60. The monoisotopic (exact) mass is 443 g/mol. The van der Waals surface area contributed by atoms with E-state index in [1.165, 1.54) is 16.8 Å². The number of carbonyl (C=O) groups excluding carboxylic acids is 1. The van der Waals surface area contributed by atoms with Gasteiger partial charge in [0.1, 0.15) is 12.3 Å². The van der Waals surface area contributed by atoms with E-state index < -0.39 is 11.6 Å². The van der Waals surface area contributed by atoms with Crippen LogP contribution in [0, 0.1) is 6.92 Å². The van der Waals surface area contributed by atoms with Crippen LogP contribution in [0.1, 0.15) is 5.56 Å². The minimum absolute atomic E-state index is 0.127. The molecule has 1 N–H and O–H groups in total. The van der Waals surface area contributed by atoms with Crippen molar-refractivity contribution >= 4 is 40.4 Å². The van der Waals surface area contributed by atoms with Gasteiger partial charge in [0.05, 0.1) is 0 Å². The normalized spacial score (nSPS) is 10.9. The fourth-order valence-corrected chi connectivity index (χ4v) is 3.08. The van der Waals surface area contributed by atoms with Crippen LogP contribution in [-0.4, -0.2) is 25.1 Å². The Morgan fingerprint density at radius 2 is 1.93 bits per heavy atom. The number of amides is 1. The third-order valence-electron chi connectivity index (χ3n) is 4.33. The highest BCUT2D eigenvalue weighted by Crippen LogP contribution is 2.24. The summed E-state index contributed by atoms with van der Waals surface area (Å²) in [5, 5.41) is 8.05. The van der Waals surface area contributed by atoms with Gasteiger partial charge in [-0.2, -0.15) is 0 Å². The van der Waals surface area contributed by atoms with Crippen molar-refractivity contribution in [2.45, 2.75) is 13.5 Å². The summed E-state index contributed by atoms with van der Waals surface area (Å²) in [5.74, 6) is 0.192. The second-order valence-electron chi connectivity index (χ2n) is 6.38. The predicted octanol–water partition coefficient (Wildman–Crippen LogP) is 3.94. The van der Waals surface area contributed by atoms with Crippen LogP contribution in [0.3, 0.4) is 0 Å². The van der Waals surface area contributed by atoms with Gasteiger partial charge >= 0.3 is 5.69 Å². The second kappa shape index (κ2) is 8.17. The number of nitrogens with zero attached hydrogens (tertiary/aromatic N) is 4. The molecule has 1 amide bonds. The van der Waals surface area contributed by atoms with E-state index >= 15 is 0 Å². The molecule has 2 aromatic heterocycles. The van der Waals surface area contributed by atoms with E-state index in [2.05, 4.69) is 15.4 Å². The van der Waals surface area contributed by atoms with E-state index in [1.54, 1.807) is 49.4 Å². The Morgan fingerprint density at radius 1 is 1.17 bits per heavy atom. The maximum atomic E-state index is 12.6. The molecule has 2 aromatic carbocycles. The smallest absolute Gasteiger partial charge is 0.351 e. The first-order chi connectivity index (χ1) is 14.4. The molecule has 0 spiro atoms. The van der Waals surface area contributed by atoms with Crippen molar-refractivity contribution < 1.29 is 9.53 Å². The van der Waals surface area contributed by atoms with E-state index in [4.69, 9.17) is 27.9 Å². The number of hydrogen-bond acceptors (Lipinski definition) is 5. The largest absolute Gasteiger partial charge is 0.436 e. The van der Waals surface area contributed by atoms with Crippen LogP contribution in [0.2, 0.25) is 10.0 Å². The quantitative estimate of drug-likeness (QED) is 0.504. The van der Waals surface area contributed by atoms with Gasteiger partial charge in [0.15, 0.2) is 0 Å². The Labute approximate surface area is 180 Å². The fraction of sp³-hybridized carbons (Fsp3) is 0.100. The summed E-state index contributed by atoms with van der Waals surface area (Å²) in [6.45, 7) is 1.51. The highest BCUT2D eigenvalue weighted by atomic mass is 35.5. The molecule has 0 aliphatic carbocycles. The average Bonchev–Trinajstić information content (AvgIpc) is 3.04. The molecule has 4 aromatic rings. The van der Waals surface area contributed by atoms with Crippen molar-refractivity contribution in [1.82, 2.24) is 19.2 Å². The van der Waals surface area contributed by atoms with Gasteiger partial charge in [0, 0.05) is 28.1 Å². The molecule has 0 radical (unpaired) electrons. The van der Waals surface area contributed by atoms with Gasteiger partial charge in [-0.3, -0.25) is 4.79 Å². The van der Waals surface area contributed by atoms with Crippen molar-refractivity contribution in [3.05, 3.63) is 81.0 Å². The van der Waals surface area contributed by atoms with E-state index in [0.717, 1.165) is 10.2 Å². The van der Waals surface area contributed by atoms with Crippen LogP contribution in [0.25, 0.3) is 5.65 Å². The van der Waals surface area contributed by atoms with Gasteiger partial charge in [0.25, 0.3) is 5.88 Å². The number of halogens is 2. The molecule has 0 unspecified atom stereocenters. The summed E-state index contributed by atoms with van der Waals surface area (Å²) in [6.07, 6.45) is 2.87. The van der Waals surface area contributed by atoms with Crippen LogP contribution < -0.4 is 15.7 Å². The first-order valence-electron chi connectivity index (χ1n) is 8.85. The van der Waals surface area contributed by atoms with Crippen LogP contribution >= 0.6 is 23.2 Å². The summed E-state index contributed by atoms with van der Waals surface area (Å²) in [7, 11) is 0. The minimum atomic E-state index is -0.494. The van der Waals surface area contributed by atoms with E-state index in [9.17, 15) is 9.59 Å². The molecule has 0 bridgehead atoms. The first kappa shape index (κ1) is 19.9. The van der Waals surface area contributed by atoms with Crippen LogP contribution in [0.4, 0.5) is 5.69 Å². The highest BCUT2D eigenvalue weighted by Gasteiger charge is 2.16. The molecule has 8 nitrogen and oxygen atoms in total. The molecule has 4 rings (SSSR count). The third-order valence-corrected chi connectivity index (χ3v) is 4.99. The third kappa shape index (κ3) is 4.00. The number of rotatable bonds is 5. The number of ether oxygens (including phenoxy) is 1. The Hall–Kier alpha value is -3.36. The van der Waals surface area contributed by atoms with Gasteiger partial charge in [-0.25, -0.2) is 18.9 Å². The highest BCUT2D eigenvalue weighted by molar-refractivity contribution is 6.31. The molecule has 0 saturated heterocycles. The van der Waals surface area contributed by atoms with E-state index in [-0.39, 0.29) is 18.1 Å². The average molecular weight is 444 g/mol. The van der Waals surface area contributed by atoms with Crippen molar-refractivity contribution in [3.8, 4) is 11.6 Å². The predicted molar refractivity (Wildman–Crippen MR) is 114 cm³/mol. The lowest BCUT2D eigenvalue weighted by Crippen LogP contribution is -2.28. The number of hydrogen-bond donors (Lipinski definition) is 1. The molecule has 0 saturated carbocycles. The maximum absolute atomic E-state index is 12.6. The number of nitrogens with one attached hydrogen (secondary N) is 1. The zero-order valence-electron chi connectivity index (χ0n) is 15.7. The minimum Gasteiger partial charge on any atom is -0.436 e. The van der Waals surface area contributed by atoms with Gasteiger partial charge < -0.3 is 10.1 Å². The number of anilines is 1. The summed E-state index contributed by atoms with van der Waals surface area (Å²) >= 11 is 12.0.